The Morgan fingerprint density at radius 3 is 1.45 bits per heavy atom. The molecule has 3 aromatic rings. The van der Waals surface area contributed by atoms with E-state index < -0.39 is 17.0 Å². The van der Waals surface area contributed by atoms with E-state index in [1.54, 1.807) is 12.4 Å². The molecule has 0 saturated carbocycles. The summed E-state index contributed by atoms with van der Waals surface area (Å²) in [6.45, 7) is 3.69. The number of halogens is 2. The van der Waals surface area contributed by atoms with Crippen LogP contribution in [0.5, 0.6) is 11.5 Å². The molecule has 148 valence electrons. The van der Waals surface area contributed by atoms with Crippen LogP contribution in [0, 0.1) is 13.8 Å². The number of hydrogen-bond acceptors (Lipinski definition) is 4. The van der Waals surface area contributed by atoms with E-state index in [9.17, 15) is 10.2 Å². The van der Waals surface area contributed by atoms with Crippen LogP contribution in [0.3, 0.4) is 0 Å². The van der Waals surface area contributed by atoms with Crippen LogP contribution in [0.15, 0.2) is 70.6 Å². The van der Waals surface area contributed by atoms with E-state index in [1.807, 2.05) is 74.5 Å². The number of benzene rings is 3. The average molecular weight is 463 g/mol. The second kappa shape index (κ2) is 11.8. The molecule has 0 spiro atoms. The van der Waals surface area contributed by atoms with E-state index in [4.69, 9.17) is 18.6 Å². The second-order valence-corrected chi connectivity index (χ2v) is 8.68. The molecule has 0 aliphatic rings. The van der Waals surface area contributed by atoms with Crippen LogP contribution in [-0.2, 0) is 17.0 Å². The molecule has 0 bridgehead atoms. The van der Waals surface area contributed by atoms with Gasteiger partial charge in [0.2, 0.25) is 0 Å². The maximum absolute atomic E-state index is 10.1. The molecule has 0 aliphatic heterocycles. The van der Waals surface area contributed by atoms with Gasteiger partial charge in [-0.25, -0.2) is 0 Å². The molecule has 0 radical (unpaired) electrons. The summed E-state index contributed by atoms with van der Waals surface area (Å²) in [5.41, 5.74) is 4.26. The van der Waals surface area contributed by atoms with Gasteiger partial charge in [0.05, 0.1) is 11.4 Å². The zero-order chi connectivity index (χ0) is 21.2. The molecular formula is C22H20Cl2N2O2Ti. The minimum absolute atomic E-state index is 0.224. The van der Waals surface area contributed by atoms with E-state index in [-0.39, 0.29) is 11.5 Å². The van der Waals surface area contributed by atoms with Crippen molar-refractivity contribution in [2.75, 3.05) is 0 Å². The molecule has 3 aromatic carbocycles. The predicted octanol–water partition coefficient (Wildman–Crippen LogP) is 6.59. The number of para-hydroxylation sites is 4. The zero-order valence-corrected chi connectivity index (χ0v) is 19.0. The SMILES string of the molecule is Cc1cccc(C=Nc2ccccc2N=Cc2cccc(C)c2O)c1O.[Cl][Ti][Cl]. The van der Waals surface area contributed by atoms with Gasteiger partial charge in [0.25, 0.3) is 0 Å². The Bertz CT molecular complexity index is 943. The summed E-state index contributed by atoms with van der Waals surface area (Å²) in [5, 5.41) is 20.2. The summed E-state index contributed by atoms with van der Waals surface area (Å²) in [6.07, 6.45) is 3.25. The first kappa shape index (κ1) is 23.2. The first-order chi connectivity index (χ1) is 14.0. The summed E-state index contributed by atoms with van der Waals surface area (Å²) in [7, 11) is 9.78. The van der Waals surface area contributed by atoms with Crippen molar-refractivity contribution < 1.29 is 27.2 Å². The van der Waals surface area contributed by atoms with Crippen LogP contribution in [-0.4, -0.2) is 22.6 Å². The number of aryl methyl sites for hydroxylation is 2. The topological polar surface area (TPSA) is 65.2 Å². The fraction of sp³-hybridized carbons (Fsp3) is 0.0909. The fourth-order valence-corrected chi connectivity index (χ4v) is 2.53. The van der Waals surface area contributed by atoms with Gasteiger partial charge in [0, 0.05) is 23.6 Å². The Morgan fingerprint density at radius 2 is 1.07 bits per heavy atom. The van der Waals surface area contributed by atoms with Gasteiger partial charge in [-0.15, -0.1) is 0 Å². The molecule has 2 N–H and O–H groups in total. The number of nitrogens with zero attached hydrogens (tertiary/aromatic N) is 2. The van der Waals surface area contributed by atoms with Crippen molar-refractivity contribution in [2.45, 2.75) is 13.8 Å². The van der Waals surface area contributed by atoms with E-state index >= 15 is 0 Å². The van der Waals surface area contributed by atoms with Gasteiger partial charge < -0.3 is 10.2 Å². The average Bonchev–Trinajstić information content (AvgIpc) is 2.71. The van der Waals surface area contributed by atoms with E-state index in [0.717, 1.165) is 11.1 Å². The predicted molar refractivity (Wildman–Crippen MR) is 118 cm³/mol. The molecule has 0 saturated heterocycles. The van der Waals surface area contributed by atoms with Crippen molar-refractivity contribution in [1.29, 1.82) is 0 Å². The third-order valence-electron chi connectivity index (χ3n) is 4.11. The van der Waals surface area contributed by atoms with Crippen molar-refractivity contribution in [3.05, 3.63) is 82.9 Å². The van der Waals surface area contributed by atoms with Crippen LogP contribution in [0.2, 0.25) is 0 Å². The van der Waals surface area contributed by atoms with Crippen molar-refractivity contribution >= 4 is 42.4 Å². The molecular weight excluding hydrogens is 443 g/mol. The van der Waals surface area contributed by atoms with Gasteiger partial charge >= 0.3 is 35.6 Å². The van der Waals surface area contributed by atoms with Crippen molar-refractivity contribution in [2.24, 2.45) is 9.98 Å². The summed E-state index contributed by atoms with van der Waals surface area (Å²) in [4.78, 5) is 8.94. The molecule has 0 unspecified atom stereocenters. The normalized spacial score (nSPS) is 10.8. The zero-order valence-electron chi connectivity index (χ0n) is 16.0. The van der Waals surface area contributed by atoms with Gasteiger partial charge in [-0.3, -0.25) is 9.98 Å². The molecule has 0 amide bonds. The first-order valence-electron chi connectivity index (χ1n) is 8.68. The Kier molecular flexibility index (Phi) is 9.42. The molecule has 0 fully saturated rings. The molecule has 0 heterocycles. The molecule has 0 atom stereocenters. The van der Waals surface area contributed by atoms with Crippen LogP contribution >= 0.6 is 18.6 Å². The quantitative estimate of drug-likeness (QED) is 0.339. The van der Waals surface area contributed by atoms with Gasteiger partial charge in [-0.1, -0.05) is 36.4 Å². The minimum atomic E-state index is -0.556. The number of aliphatic imine (C=N–C) groups is 2. The number of hydrogen-bond donors (Lipinski definition) is 2. The number of phenols is 2. The third kappa shape index (κ3) is 6.72. The number of rotatable bonds is 4. The molecule has 0 aliphatic carbocycles. The standard InChI is InChI=1S/C22H20N2O2.2ClH.Ti/c1-15-7-5-9-17(21(15)25)13-23-19-11-3-4-12-20(19)24-14-18-10-6-8-16(2)22(18)26;;;/h3-14,25-26H,1-2H3;2*1H;/q;;;+2/p-2. The van der Waals surface area contributed by atoms with Crippen LogP contribution in [0.4, 0.5) is 11.4 Å². The van der Waals surface area contributed by atoms with Gasteiger partial charge in [-0.2, -0.15) is 0 Å². The monoisotopic (exact) mass is 462 g/mol. The summed E-state index contributed by atoms with van der Waals surface area (Å²) in [5.74, 6) is 0.448. The summed E-state index contributed by atoms with van der Waals surface area (Å²) in [6, 6.07) is 18.5. The fourth-order valence-electron chi connectivity index (χ4n) is 2.53. The van der Waals surface area contributed by atoms with E-state index in [1.165, 1.54) is 0 Å². The van der Waals surface area contributed by atoms with Crippen LogP contribution in [0.25, 0.3) is 0 Å². The Hall–Kier alpha value is -2.11. The Labute approximate surface area is 187 Å². The van der Waals surface area contributed by atoms with E-state index in [2.05, 4.69) is 9.98 Å². The molecule has 3 rings (SSSR count). The second-order valence-electron chi connectivity index (χ2n) is 6.10. The Balaban J connectivity index is 0.000000941. The van der Waals surface area contributed by atoms with Crippen molar-refractivity contribution in [1.82, 2.24) is 0 Å². The number of aromatic hydroxyl groups is 2. The van der Waals surface area contributed by atoms with E-state index in [0.29, 0.717) is 22.5 Å². The maximum atomic E-state index is 10.1. The number of phenolic OH excluding ortho intramolecular Hbond substituents is 2. The molecule has 29 heavy (non-hydrogen) atoms. The van der Waals surface area contributed by atoms with Crippen LogP contribution < -0.4 is 0 Å². The van der Waals surface area contributed by atoms with Crippen LogP contribution in [0.1, 0.15) is 22.3 Å². The molecule has 0 aromatic heterocycles. The molecule has 4 nitrogen and oxygen atoms in total. The molecule has 7 heteroatoms. The summed E-state index contributed by atoms with van der Waals surface area (Å²) >= 11 is -0.556. The van der Waals surface area contributed by atoms with Gasteiger partial charge in [0.1, 0.15) is 11.5 Å². The van der Waals surface area contributed by atoms with Gasteiger partial charge in [0.15, 0.2) is 0 Å². The first-order valence-corrected chi connectivity index (χ1v) is 13.0. The van der Waals surface area contributed by atoms with Crippen molar-refractivity contribution in [3.8, 4) is 11.5 Å². The third-order valence-corrected chi connectivity index (χ3v) is 4.11. The van der Waals surface area contributed by atoms with Gasteiger partial charge in [-0.05, 0) is 49.2 Å². The summed E-state index contributed by atoms with van der Waals surface area (Å²) < 4.78 is 0. The van der Waals surface area contributed by atoms with Crippen molar-refractivity contribution in [3.63, 3.8) is 0 Å². The Morgan fingerprint density at radius 1 is 0.690 bits per heavy atom.